The fourth-order valence-corrected chi connectivity index (χ4v) is 5.96. The van der Waals surface area contributed by atoms with E-state index in [0.29, 0.717) is 30.0 Å². The van der Waals surface area contributed by atoms with Crippen molar-refractivity contribution in [1.29, 1.82) is 0 Å². The molecule has 34 heavy (non-hydrogen) atoms. The molecule has 5 heterocycles. The summed E-state index contributed by atoms with van der Waals surface area (Å²) < 4.78 is 35.1. The van der Waals surface area contributed by atoms with Crippen molar-refractivity contribution in [3.63, 3.8) is 0 Å². The van der Waals surface area contributed by atoms with Gasteiger partial charge in [-0.3, -0.25) is 14.2 Å². The molecule has 2 N–H and O–H groups in total. The number of carbonyl (C=O) groups excluding carboxylic acids is 2. The van der Waals surface area contributed by atoms with E-state index in [9.17, 15) is 18.0 Å². The highest BCUT2D eigenvalue weighted by atomic mass is 32.2. The Hall–Kier alpha value is -3.01. The van der Waals surface area contributed by atoms with E-state index in [4.69, 9.17) is 9.29 Å². The highest BCUT2D eigenvalue weighted by Gasteiger charge is 2.49. The van der Waals surface area contributed by atoms with Crippen LogP contribution in [0.15, 0.2) is 65.7 Å². The van der Waals surface area contributed by atoms with Crippen molar-refractivity contribution in [3.8, 4) is 0 Å². The number of Topliss-reactive ketones (excluding diaryl/α,β-unsaturated/α-hetero) is 1. The summed E-state index contributed by atoms with van der Waals surface area (Å²) in [4.78, 5) is 29.9. The second kappa shape index (κ2) is 8.98. The molecule has 4 saturated heterocycles. The zero-order valence-corrected chi connectivity index (χ0v) is 19.3. The molecule has 4 aliphatic heterocycles. The van der Waals surface area contributed by atoms with Crippen LogP contribution in [0.2, 0.25) is 0 Å². The first-order valence-electron chi connectivity index (χ1n) is 11.4. The van der Waals surface area contributed by atoms with Gasteiger partial charge in [0.2, 0.25) is 0 Å². The number of esters is 1. The first-order chi connectivity index (χ1) is 16.3. The molecule has 8 nitrogen and oxygen atoms in total. The molecule has 3 aromatic rings. The zero-order chi connectivity index (χ0) is 23.9. The summed E-state index contributed by atoms with van der Waals surface area (Å²) in [7, 11) is -4.00. The highest BCUT2D eigenvalue weighted by Crippen LogP contribution is 2.42. The van der Waals surface area contributed by atoms with Crippen molar-refractivity contribution >= 4 is 32.8 Å². The Bertz CT molecular complexity index is 1300. The van der Waals surface area contributed by atoms with Gasteiger partial charge >= 0.3 is 5.97 Å². The van der Waals surface area contributed by atoms with Gasteiger partial charge in [0.1, 0.15) is 11.9 Å². The summed E-state index contributed by atoms with van der Waals surface area (Å²) in [5.41, 5.74) is 1.56. The topological polar surface area (TPSA) is 117 Å². The van der Waals surface area contributed by atoms with Gasteiger partial charge in [-0.1, -0.05) is 36.4 Å². The number of rotatable bonds is 3. The fraction of sp³-hybridized carbons (Fsp3) is 0.360. The number of ketones is 1. The van der Waals surface area contributed by atoms with E-state index in [0.717, 1.165) is 36.6 Å². The summed E-state index contributed by atoms with van der Waals surface area (Å²) >= 11 is 0. The largest absolute Gasteiger partial charge is 0.459 e. The van der Waals surface area contributed by atoms with Crippen LogP contribution in [0.3, 0.4) is 0 Å². The first kappa shape index (κ1) is 22.8. The Balaban J connectivity index is 0.000000204. The lowest BCUT2D eigenvalue weighted by atomic mass is 9.72. The van der Waals surface area contributed by atoms with E-state index in [1.165, 1.54) is 12.1 Å². The number of aromatic amines is 1. The highest BCUT2D eigenvalue weighted by molar-refractivity contribution is 7.85. The molecule has 9 heteroatoms. The predicted molar refractivity (Wildman–Crippen MR) is 125 cm³/mol. The van der Waals surface area contributed by atoms with Crippen molar-refractivity contribution in [2.75, 3.05) is 6.54 Å². The van der Waals surface area contributed by atoms with E-state index in [1.54, 1.807) is 24.4 Å². The number of para-hydroxylation sites is 1. The summed E-state index contributed by atoms with van der Waals surface area (Å²) in [5, 5.41) is 0.909. The predicted octanol–water partition coefficient (Wildman–Crippen LogP) is 3.45. The van der Waals surface area contributed by atoms with Crippen LogP contribution in [-0.2, 0) is 19.6 Å². The minimum absolute atomic E-state index is 0.0356. The lowest BCUT2D eigenvalue weighted by Crippen LogP contribution is -2.63. The number of aromatic nitrogens is 1. The van der Waals surface area contributed by atoms with Crippen LogP contribution in [0.25, 0.3) is 10.9 Å². The van der Waals surface area contributed by atoms with E-state index in [-0.39, 0.29) is 22.9 Å². The van der Waals surface area contributed by atoms with E-state index in [2.05, 4.69) is 9.88 Å². The standard InChI is InChI=1S/C19H20N2O3.C6H6O3S/c22-18-10-21-12-5-11(18)6-13(21)8-14(7-12)24-19(23)16-9-20-17-4-2-1-3-15(16)17;7-10(8,9)6-4-2-1-3-5-6/h1-4,9,11-14,20H,5-8,10H2;1-5H,(H,7,8,9)/t11-,12+,13-,14-;. The van der Waals surface area contributed by atoms with Crippen molar-refractivity contribution in [2.24, 2.45) is 5.92 Å². The lowest BCUT2D eigenvalue weighted by Gasteiger charge is -2.54. The van der Waals surface area contributed by atoms with Gasteiger partial charge < -0.3 is 9.72 Å². The van der Waals surface area contributed by atoms with Gasteiger partial charge in [0.05, 0.1) is 17.0 Å². The van der Waals surface area contributed by atoms with Gasteiger partial charge in [-0.05, 0) is 31.0 Å². The van der Waals surface area contributed by atoms with Gasteiger partial charge in [0, 0.05) is 47.9 Å². The van der Waals surface area contributed by atoms with Gasteiger partial charge in [0.15, 0.2) is 0 Å². The quantitative estimate of drug-likeness (QED) is 0.434. The lowest BCUT2D eigenvalue weighted by molar-refractivity contribution is -0.145. The second-order valence-electron chi connectivity index (χ2n) is 9.15. The molecule has 4 bridgehead atoms. The smallest absolute Gasteiger partial charge is 0.340 e. The maximum absolute atomic E-state index is 12.6. The van der Waals surface area contributed by atoms with E-state index in [1.807, 2.05) is 24.3 Å². The number of carbonyl (C=O) groups is 2. The SMILES string of the molecule is O=C(O[C@@H]1C[C@@H]2C[C@@H]3C[C@H](C1)N2CC3=O)c1c[nH]c2ccccc12.O=S(=O)(O)c1ccccc1. The maximum atomic E-state index is 12.6. The maximum Gasteiger partial charge on any atom is 0.340 e. The molecule has 0 amide bonds. The average Bonchev–Trinajstić information content (AvgIpc) is 3.24. The molecule has 4 fully saturated rings. The van der Waals surface area contributed by atoms with Gasteiger partial charge in [0.25, 0.3) is 10.1 Å². The van der Waals surface area contributed by atoms with Crippen molar-refractivity contribution in [2.45, 2.75) is 48.8 Å². The molecule has 0 radical (unpaired) electrons. The fourth-order valence-electron chi connectivity index (χ4n) is 5.46. The molecule has 7 rings (SSSR count). The van der Waals surface area contributed by atoms with Crippen LogP contribution in [0.4, 0.5) is 0 Å². The van der Waals surface area contributed by atoms with Crippen molar-refractivity contribution in [1.82, 2.24) is 9.88 Å². The summed E-state index contributed by atoms with van der Waals surface area (Å²) in [6, 6.07) is 16.0. The van der Waals surface area contributed by atoms with Gasteiger partial charge in [-0.2, -0.15) is 8.42 Å². The molecule has 0 saturated carbocycles. The van der Waals surface area contributed by atoms with Crippen LogP contribution in [0.5, 0.6) is 0 Å². The molecule has 0 spiro atoms. The average molecular weight is 483 g/mol. The second-order valence-corrected chi connectivity index (χ2v) is 10.6. The number of H-pyrrole nitrogens is 1. The Morgan fingerprint density at radius 2 is 1.62 bits per heavy atom. The van der Waals surface area contributed by atoms with Crippen LogP contribution < -0.4 is 0 Å². The van der Waals surface area contributed by atoms with Crippen LogP contribution >= 0.6 is 0 Å². The zero-order valence-electron chi connectivity index (χ0n) is 18.5. The Kier molecular flexibility index (Phi) is 6.01. The number of nitrogens with one attached hydrogen (secondary N) is 1. The van der Waals surface area contributed by atoms with Crippen molar-refractivity contribution < 1.29 is 27.3 Å². The van der Waals surface area contributed by atoms with E-state index >= 15 is 0 Å². The normalized spacial score (nSPS) is 27.7. The van der Waals surface area contributed by atoms with Gasteiger partial charge in [-0.15, -0.1) is 0 Å². The van der Waals surface area contributed by atoms with Crippen LogP contribution in [0.1, 0.15) is 36.0 Å². The van der Waals surface area contributed by atoms with E-state index < -0.39 is 10.1 Å². The van der Waals surface area contributed by atoms with Crippen LogP contribution in [0, 0.1) is 5.92 Å². The van der Waals surface area contributed by atoms with Crippen molar-refractivity contribution in [3.05, 3.63) is 66.4 Å². The number of piperidine rings is 4. The first-order valence-corrected chi connectivity index (χ1v) is 12.8. The molecule has 1 aromatic heterocycles. The van der Waals surface area contributed by atoms with Gasteiger partial charge in [-0.25, -0.2) is 4.79 Å². The number of hydrogen-bond acceptors (Lipinski definition) is 6. The molecule has 1 unspecified atom stereocenters. The third kappa shape index (κ3) is 4.51. The third-order valence-corrected chi connectivity index (χ3v) is 7.91. The molecular weight excluding hydrogens is 456 g/mol. The minimum Gasteiger partial charge on any atom is -0.459 e. The number of hydrogen-bond donors (Lipinski definition) is 2. The molecule has 0 aliphatic carbocycles. The summed E-state index contributed by atoms with van der Waals surface area (Å²) in [5.74, 6) is 0.403. The number of ether oxygens (including phenoxy) is 1. The molecule has 4 aliphatic rings. The summed E-state index contributed by atoms with van der Waals surface area (Å²) in [6.07, 6.45) is 5.29. The minimum atomic E-state index is -4.00. The summed E-state index contributed by atoms with van der Waals surface area (Å²) in [6.45, 7) is 0.600. The molecule has 178 valence electrons. The molecular formula is C25H26N2O6S. The monoisotopic (exact) mass is 482 g/mol. The number of benzene rings is 2. The number of fused-ring (bicyclic) bond motifs is 2. The number of nitrogens with zero attached hydrogens (tertiary/aromatic N) is 1. The Labute approximate surface area is 197 Å². The Morgan fingerprint density at radius 1 is 0.971 bits per heavy atom. The molecule has 2 aromatic carbocycles. The third-order valence-electron chi connectivity index (χ3n) is 7.04. The molecule has 5 atom stereocenters. The van der Waals surface area contributed by atoms with Crippen LogP contribution in [-0.4, -0.2) is 59.3 Å². The Morgan fingerprint density at radius 3 is 2.24 bits per heavy atom.